The molecule has 0 fully saturated rings. The summed E-state index contributed by atoms with van der Waals surface area (Å²) in [7, 11) is 0. The highest BCUT2D eigenvalue weighted by Crippen LogP contribution is 2.32. The van der Waals surface area contributed by atoms with Gasteiger partial charge in [0.05, 0.1) is 22.0 Å². The van der Waals surface area contributed by atoms with E-state index in [0.29, 0.717) is 10.0 Å². The van der Waals surface area contributed by atoms with Crippen molar-refractivity contribution in [3.63, 3.8) is 0 Å². The molecule has 2 aromatic carbocycles. The van der Waals surface area contributed by atoms with Crippen LogP contribution in [0.5, 0.6) is 0 Å². The van der Waals surface area contributed by atoms with Gasteiger partial charge in [0.15, 0.2) is 5.13 Å². The summed E-state index contributed by atoms with van der Waals surface area (Å²) in [5, 5.41) is 11.2. The molecule has 5 rings (SSSR count). The molecule has 0 atom stereocenters. The highest BCUT2D eigenvalue weighted by molar-refractivity contribution is 7.20. The first-order valence-corrected chi connectivity index (χ1v) is 11.6. The predicted octanol–water partition coefficient (Wildman–Crippen LogP) is 6.39. The molecule has 0 aliphatic heterocycles. The number of amides is 1. The van der Waals surface area contributed by atoms with Crippen molar-refractivity contribution in [3.05, 3.63) is 81.7 Å². The van der Waals surface area contributed by atoms with Gasteiger partial charge in [-0.1, -0.05) is 30.3 Å². The first-order chi connectivity index (χ1) is 15.0. The molecule has 1 amide bonds. The second-order valence-electron chi connectivity index (χ2n) is 7.45. The zero-order valence-electron chi connectivity index (χ0n) is 17.3. The number of aromatic nitrogens is 3. The van der Waals surface area contributed by atoms with E-state index in [1.807, 2.05) is 53.4 Å². The van der Waals surface area contributed by atoms with Gasteiger partial charge in [0.25, 0.3) is 5.91 Å². The molecule has 0 radical (unpaired) electrons. The van der Waals surface area contributed by atoms with Crippen LogP contribution in [0.25, 0.3) is 27.2 Å². The lowest BCUT2D eigenvalue weighted by atomic mass is 10.1. The first-order valence-electron chi connectivity index (χ1n) is 9.88. The monoisotopic (exact) mass is 444 g/mol. The van der Waals surface area contributed by atoms with E-state index in [1.165, 1.54) is 33.8 Å². The second kappa shape index (κ2) is 7.76. The fourth-order valence-corrected chi connectivity index (χ4v) is 5.22. The lowest BCUT2D eigenvalue weighted by Crippen LogP contribution is -2.09. The van der Waals surface area contributed by atoms with Crippen molar-refractivity contribution in [1.29, 1.82) is 0 Å². The Balaban J connectivity index is 1.41. The van der Waals surface area contributed by atoms with Gasteiger partial charge in [0, 0.05) is 16.3 Å². The number of nitrogens with one attached hydrogen (secondary N) is 1. The number of carbonyl (C=O) groups is 1. The molecule has 31 heavy (non-hydrogen) atoms. The van der Waals surface area contributed by atoms with Gasteiger partial charge in [-0.2, -0.15) is 5.10 Å². The first kappa shape index (κ1) is 19.7. The minimum Gasteiger partial charge on any atom is -0.297 e. The van der Waals surface area contributed by atoms with Crippen LogP contribution in [0, 0.1) is 20.8 Å². The third-order valence-corrected chi connectivity index (χ3v) is 7.16. The Hall–Kier alpha value is -3.29. The van der Waals surface area contributed by atoms with Gasteiger partial charge >= 0.3 is 0 Å². The van der Waals surface area contributed by atoms with Crippen LogP contribution in [-0.4, -0.2) is 20.7 Å². The number of benzene rings is 2. The van der Waals surface area contributed by atoms with Crippen molar-refractivity contribution in [1.82, 2.24) is 14.8 Å². The number of rotatable bonds is 4. The van der Waals surface area contributed by atoms with E-state index in [-0.39, 0.29) is 5.91 Å². The Labute approximate surface area is 188 Å². The van der Waals surface area contributed by atoms with Gasteiger partial charge < -0.3 is 0 Å². The van der Waals surface area contributed by atoms with Crippen molar-refractivity contribution in [3.8, 4) is 16.9 Å². The number of hydrogen-bond acceptors (Lipinski definition) is 5. The Bertz CT molecular complexity index is 1410. The maximum atomic E-state index is 12.9. The molecule has 5 nitrogen and oxygen atoms in total. The van der Waals surface area contributed by atoms with E-state index in [9.17, 15) is 4.79 Å². The molecular weight excluding hydrogens is 424 g/mol. The van der Waals surface area contributed by atoms with E-state index in [2.05, 4.69) is 47.4 Å². The van der Waals surface area contributed by atoms with Gasteiger partial charge in [-0.05, 0) is 56.2 Å². The van der Waals surface area contributed by atoms with Crippen LogP contribution in [-0.2, 0) is 0 Å². The largest absolute Gasteiger partial charge is 0.297 e. The molecule has 3 heterocycles. The second-order valence-corrected chi connectivity index (χ2v) is 9.34. The summed E-state index contributed by atoms with van der Waals surface area (Å²) in [5.74, 6) is -0.152. The summed E-state index contributed by atoms with van der Waals surface area (Å²) >= 11 is 2.87. The third-order valence-electron chi connectivity index (χ3n) is 5.30. The molecular formula is C24H20N4OS2. The molecule has 7 heteroatoms. The minimum atomic E-state index is -0.152. The maximum Gasteiger partial charge on any atom is 0.267 e. The van der Waals surface area contributed by atoms with Crippen molar-refractivity contribution in [2.75, 3.05) is 5.32 Å². The Morgan fingerprint density at radius 2 is 1.81 bits per heavy atom. The third kappa shape index (κ3) is 3.66. The van der Waals surface area contributed by atoms with Crippen molar-refractivity contribution >= 4 is 43.9 Å². The summed E-state index contributed by atoms with van der Waals surface area (Å²) in [6.07, 6.45) is 0. The molecule has 3 aromatic heterocycles. The molecule has 0 unspecified atom stereocenters. The van der Waals surface area contributed by atoms with Crippen LogP contribution in [0.4, 0.5) is 5.13 Å². The van der Waals surface area contributed by atoms with Crippen molar-refractivity contribution in [2.24, 2.45) is 0 Å². The number of para-hydroxylation sites is 1. The summed E-state index contributed by atoms with van der Waals surface area (Å²) in [4.78, 5) is 19.1. The van der Waals surface area contributed by atoms with E-state index < -0.39 is 0 Å². The smallest absolute Gasteiger partial charge is 0.267 e. The number of hydrogen-bond donors (Lipinski definition) is 1. The Kier molecular flexibility index (Phi) is 4.92. The molecule has 1 N–H and O–H groups in total. The van der Waals surface area contributed by atoms with E-state index in [0.717, 1.165) is 32.9 Å². The zero-order valence-corrected chi connectivity index (χ0v) is 19.0. The minimum absolute atomic E-state index is 0.152. The number of thiophene rings is 1. The van der Waals surface area contributed by atoms with Crippen LogP contribution in [0.3, 0.4) is 0 Å². The van der Waals surface area contributed by atoms with Crippen LogP contribution >= 0.6 is 22.7 Å². The molecule has 0 saturated carbocycles. The van der Waals surface area contributed by atoms with Gasteiger partial charge in [-0.15, -0.1) is 22.7 Å². The van der Waals surface area contributed by atoms with Crippen LogP contribution in [0.2, 0.25) is 0 Å². The van der Waals surface area contributed by atoms with Crippen molar-refractivity contribution < 1.29 is 4.79 Å². The number of fused-ring (bicyclic) bond motifs is 1. The number of nitrogens with zero attached hydrogens (tertiary/aromatic N) is 3. The Morgan fingerprint density at radius 1 is 1.00 bits per heavy atom. The number of thiazole rings is 1. The summed E-state index contributed by atoms with van der Waals surface area (Å²) in [6.45, 7) is 6.15. The zero-order chi connectivity index (χ0) is 21.5. The fraction of sp³-hybridized carbons (Fsp3) is 0.125. The molecule has 0 aliphatic rings. The summed E-state index contributed by atoms with van der Waals surface area (Å²) < 4.78 is 1.90. The van der Waals surface area contributed by atoms with E-state index in [1.54, 1.807) is 0 Å². The summed E-state index contributed by atoms with van der Waals surface area (Å²) in [6, 6.07) is 18.2. The fourth-order valence-electron chi connectivity index (χ4n) is 3.43. The lowest BCUT2D eigenvalue weighted by Gasteiger charge is -2.03. The quantitative estimate of drug-likeness (QED) is 0.349. The van der Waals surface area contributed by atoms with Crippen LogP contribution in [0.1, 0.15) is 26.5 Å². The molecule has 0 aliphatic carbocycles. The molecule has 0 spiro atoms. The topological polar surface area (TPSA) is 59.8 Å². The normalized spacial score (nSPS) is 11.2. The van der Waals surface area contributed by atoms with Gasteiger partial charge in [0.2, 0.25) is 0 Å². The standard InChI is InChI=1S/C24H20N4OS2/c1-14-9-10-17(11-15(14)2)20-13-30-24(25-20)26-22(29)21-12-19-16(3)27-28(23(19)31-21)18-7-5-4-6-8-18/h4-13H,1-3H3,(H,25,26,29). The van der Waals surface area contributed by atoms with Gasteiger partial charge in [-0.3, -0.25) is 10.1 Å². The number of aryl methyl sites for hydroxylation is 3. The predicted molar refractivity (Wildman–Crippen MR) is 129 cm³/mol. The van der Waals surface area contributed by atoms with Gasteiger partial charge in [0.1, 0.15) is 4.83 Å². The molecule has 0 bridgehead atoms. The highest BCUT2D eigenvalue weighted by atomic mass is 32.1. The molecule has 5 aromatic rings. The van der Waals surface area contributed by atoms with Gasteiger partial charge in [-0.25, -0.2) is 9.67 Å². The molecule has 154 valence electrons. The summed E-state index contributed by atoms with van der Waals surface area (Å²) in [5.41, 5.74) is 6.29. The average Bonchev–Trinajstić information content (AvgIpc) is 3.48. The number of anilines is 1. The lowest BCUT2D eigenvalue weighted by molar-refractivity contribution is 0.103. The van der Waals surface area contributed by atoms with Crippen molar-refractivity contribution in [2.45, 2.75) is 20.8 Å². The van der Waals surface area contributed by atoms with E-state index >= 15 is 0 Å². The number of carbonyl (C=O) groups excluding carboxylic acids is 1. The van der Waals surface area contributed by atoms with Crippen LogP contribution in [0.15, 0.2) is 60.0 Å². The average molecular weight is 445 g/mol. The highest BCUT2D eigenvalue weighted by Gasteiger charge is 2.18. The van der Waals surface area contributed by atoms with Crippen LogP contribution < -0.4 is 5.32 Å². The van der Waals surface area contributed by atoms with E-state index in [4.69, 9.17) is 0 Å². The Morgan fingerprint density at radius 3 is 2.58 bits per heavy atom. The molecule has 0 saturated heterocycles. The SMILES string of the molecule is Cc1ccc(-c2csc(NC(=O)c3cc4c(C)nn(-c5ccccc5)c4s3)n2)cc1C. The maximum absolute atomic E-state index is 12.9.